The number of anilines is 5. The molecule has 7 rings (SSSR count). The number of benzene rings is 4. The zero-order valence-corrected chi connectivity index (χ0v) is 42.8. The fourth-order valence-electron chi connectivity index (χ4n) is 6.86. The highest BCUT2D eigenvalue weighted by Crippen LogP contribution is 2.55. The number of fused-ring (bicyclic) bond motifs is 4. The lowest BCUT2D eigenvalue weighted by Gasteiger charge is -2.30. The molecule has 2 aliphatic heterocycles. The number of rotatable bonds is 19. The molecule has 1 aromatic heterocycles. The van der Waals surface area contributed by atoms with E-state index in [2.05, 4.69) is 50.5 Å². The van der Waals surface area contributed by atoms with Crippen molar-refractivity contribution in [3.63, 3.8) is 0 Å². The molecule has 3 heterocycles. The molecule has 0 fully saturated rings. The van der Waals surface area contributed by atoms with Crippen LogP contribution in [0.4, 0.5) is 28.7 Å². The zero-order valence-electron chi connectivity index (χ0n) is 36.5. The molecule has 0 atom stereocenters. The lowest BCUT2D eigenvalue weighted by molar-refractivity contribution is 0.246. The lowest BCUT2D eigenvalue weighted by atomic mass is 10.1. The van der Waals surface area contributed by atoms with Gasteiger partial charge in [-0.2, -0.15) is 35.2 Å². The average molecular weight is 1160 g/mol. The summed E-state index contributed by atoms with van der Waals surface area (Å²) >= 11 is 15.2. The maximum Gasteiger partial charge on any atom is 0.397 e. The van der Waals surface area contributed by atoms with Crippen molar-refractivity contribution in [2.75, 3.05) is 54.6 Å². The summed E-state index contributed by atoms with van der Waals surface area (Å²) in [7, 11) is -17.6. The molecule has 0 amide bonds. The molecular weight excluding hydrogens is 1130 g/mol. The van der Waals surface area contributed by atoms with Gasteiger partial charge >= 0.3 is 20.5 Å². The van der Waals surface area contributed by atoms with E-state index in [-0.39, 0.29) is 91.2 Å². The van der Waals surface area contributed by atoms with Crippen molar-refractivity contribution < 1.29 is 78.5 Å². The first-order valence-corrected chi connectivity index (χ1v) is 28.2. The summed E-state index contributed by atoms with van der Waals surface area (Å²) < 4.78 is 176. The van der Waals surface area contributed by atoms with E-state index in [9.17, 15) is 56.4 Å². The van der Waals surface area contributed by atoms with Crippen molar-refractivity contribution in [3.8, 4) is 23.0 Å². The molecular formula is C37H36Cl3N9O18S5. The Kier molecular flexibility index (Phi) is 15.6. The van der Waals surface area contributed by atoms with Crippen LogP contribution in [0.5, 0.6) is 11.5 Å². The van der Waals surface area contributed by atoms with Crippen molar-refractivity contribution in [1.29, 1.82) is 0 Å². The van der Waals surface area contributed by atoms with E-state index < -0.39 is 96.5 Å². The highest BCUT2D eigenvalue weighted by Gasteiger charge is 2.35. The maximum absolute atomic E-state index is 13.2. The van der Waals surface area contributed by atoms with Gasteiger partial charge in [-0.1, -0.05) is 30.1 Å². The number of hydrogen-bond acceptors (Lipinski definition) is 24. The van der Waals surface area contributed by atoms with Gasteiger partial charge in [-0.15, -0.1) is 0 Å². The molecule has 0 saturated carbocycles. The maximum atomic E-state index is 13.2. The van der Waals surface area contributed by atoms with Gasteiger partial charge in [0.05, 0.1) is 40.5 Å². The molecule has 0 bridgehead atoms. The van der Waals surface area contributed by atoms with Gasteiger partial charge in [-0.05, 0) is 73.3 Å². The number of ether oxygens (including phenoxy) is 1. The Hall–Kier alpha value is -5.27. The highest BCUT2D eigenvalue weighted by atomic mass is 35.5. The molecule has 35 heteroatoms. The van der Waals surface area contributed by atoms with Gasteiger partial charge in [0, 0.05) is 25.8 Å². The van der Waals surface area contributed by atoms with E-state index in [1.165, 1.54) is 41.3 Å². The molecule has 72 heavy (non-hydrogen) atoms. The van der Waals surface area contributed by atoms with E-state index in [1.807, 2.05) is 11.8 Å². The summed E-state index contributed by atoms with van der Waals surface area (Å²) in [5, 5.41) is 4.34. The summed E-state index contributed by atoms with van der Waals surface area (Å²) in [5.74, 6) is -2.72. The van der Waals surface area contributed by atoms with E-state index in [4.69, 9.17) is 48.5 Å². The first-order chi connectivity index (χ1) is 33.4. The van der Waals surface area contributed by atoms with Crippen LogP contribution in [-0.4, -0.2) is 125 Å². The molecule has 4 aromatic rings. The van der Waals surface area contributed by atoms with Gasteiger partial charge < -0.3 is 28.9 Å². The SMILES string of the molecule is C=C(N=c1ccc2nc3c(Cl)c4c(c(Cl)c3oc-2c1S(=O)(=O)O)Nc1ccc(N(C)CCN(CC)Cc2nc(Cl)nc(Nc3ccc(S(=O)(=O)CCOS(=O)(=O)O)cc3)n2)c(S(=O)(=O)O)c1O4)OS(O)(O)O. The number of aromatic nitrogens is 4. The molecule has 388 valence electrons. The molecule has 1 aliphatic carbocycles. The highest BCUT2D eigenvalue weighted by molar-refractivity contribution is 8.15. The Morgan fingerprint density at radius 1 is 0.833 bits per heavy atom. The normalized spacial score (nSPS) is 13.6. The smallest absolute Gasteiger partial charge is 0.397 e. The van der Waals surface area contributed by atoms with Crippen molar-refractivity contribution in [1.82, 2.24) is 24.8 Å². The third-order valence-corrected chi connectivity index (χ3v) is 15.3. The van der Waals surface area contributed by atoms with Gasteiger partial charge in [-0.3, -0.25) is 32.2 Å². The minimum absolute atomic E-state index is 0.00156. The van der Waals surface area contributed by atoms with Crippen molar-refractivity contribution in [2.45, 2.75) is 28.2 Å². The standard InChI is InChI=1S/C37H36Cl3N9O18S5/c1-4-49(17-25-45-36(40)47-37(46-25)42-19-5-7-20(8-6-19)68(50,51)16-15-64-71(58,59)60)14-13-48(3)24-12-11-22-31(35(24)70(55,56)57)66-33-27(39)28-32(26(38)29(33)44-22)65-30-21(43-28)9-10-23(34(30)69(52,53)54)41-18(2)67-72(61,62)63/h5-12,44,61-63H,2,4,13-17H2,1,3H3,(H,52,53,54)(H,55,56,57)(H,58,59,60)(H,42,45,46,47). The number of likely N-dealkylation sites (N-methyl/N-ethyl adjacent to an activating group) is 2. The molecule has 27 nitrogen and oxygen atoms in total. The van der Waals surface area contributed by atoms with Crippen LogP contribution < -0.4 is 25.6 Å². The number of halogens is 3. The lowest BCUT2D eigenvalue weighted by Crippen LogP contribution is -2.34. The van der Waals surface area contributed by atoms with Crippen LogP contribution in [0.3, 0.4) is 0 Å². The summed E-state index contributed by atoms with van der Waals surface area (Å²) in [4.78, 5) is 22.3. The van der Waals surface area contributed by atoms with Gasteiger partial charge in [0.1, 0.15) is 32.8 Å². The van der Waals surface area contributed by atoms with E-state index in [1.54, 1.807) is 7.05 Å². The molecule has 3 aromatic carbocycles. The molecule has 0 saturated heterocycles. The summed E-state index contributed by atoms with van der Waals surface area (Å²) in [6.45, 7) is 5.19. The quantitative estimate of drug-likeness (QED) is 0.0252. The minimum Gasteiger partial charge on any atom is -0.450 e. The molecule has 0 radical (unpaired) electrons. The summed E-state index contributed by atoms with van der Waals surface area (Å²) in [5.41, 5.74) is -0.718. The van der Waals surface area contributed by atoms with Gasteiger partial charge in [0.25, 0.3) is 21.3 Å². The zero-order chi connectivity index (χ0) is 52.9. The van der Waals surface area contributed by atoms with Crippen molar-refractivity contribution in [3.05, 3.63) is 87.5 Å². The Bertz CT molecular complexity index is 3660. The second-order valence-corrected chi connectivity index (χ2v) is 23.0. The monoisotopic (exact) mass is 1160 g/mol. The van der Waals surface area contributed by atoms with Crippen LogP contribution in [0.1, 0.15) is 12.7 Å². The van der Waals surface area contributed by atoms with Gasteiger partial charge in [0.2, 0.25) is 17.1 Å². The molecule has 3 aliphatic rings. The van der Waals surface area contributed by atoms with Gasteiger partial charge in [0.15, 0.2) is 42.5 Å². The van der Waals surface area contributed by atoms with E-state index >= 15 is 0 Å². The van der Waals surface area contributed by atoms with E-state index in [0.29, 0.717) is 12.2 Å². The van der Waals surface area contributed by atoms with Crippen molar-refractivity contribution >= 4 is 126 Å². The number of sulfone groups is 1. The third kappa shape index (κ3) is 12.6. The van der Waals surface area contributed by atoms with Crippen LogP contribution in [-0.2, 0) is 55.4 Å². The minimum atomic E-state index is -5.23. The fraction of sp³-hybridized carbons (Fsp3) is 0.216. The second kappa shape index (κ2) is 20.6. The Morgan fingerprint density at radius 2 is 1.51 bits per heavy atom. The predicted octanol–water partition coefficient (Wildman–Crippen LogP) is 6.24. The van der Waals surface area contributed by atoms with Crippen LogP contribution in [0.25, 0.3) is 22.6 Å². The van der Waals surface area contributed by atoms with Gasteiger partial charge in [-0.25, -0.2) is 27.6 Å². The van der Waals surface area contributed by atoms with Crippen LogP contribution in [0.2, 0.25) is 15.3 Å². The Balaban J connectivity index is 1.12. The first kappa shape index (κ1) is 54.5. The number of hydrogen-bond donors (Lipinski definition) is 8. The summed E-state index contributed by atoms with van der Waals surface area (Å²) in [6, 6.07) is 10.2. The molecule has 8 N–H and O–H groups in total. The largest absolute Gasteiger partial charge is 0.450 e. The topological polar surface area (TPSA) is 393 Å². The Morgan fingerprint density at radius 3 is 2.14 bits per heavy atom. The molecule has 0 unspecified atom stereocenters. The van der Waals surface area contributed by atoms with Crippen LogP contribution in [0, 0.1) is 0 Å². The van der Waals surface area contributed by atoms with E-state index in [0.717, 1.165) is 12.1 Å². The predicted molar refractivity (Wildman–Crippen MR) is 260 cm³/mol. The second-order valence-electron chi connectivity index (χ2n) is 14.9. The summed E-state index contributed by atoms with van der Waals surface area (Å²) in [6.07, 6.45) is 0. The van der Waals surface area contributed by atoms with Crippen LogP contribution in [0.15, 0.2) is 85.1 Å². The first-order valence-electron chi connectivity index (χ1n) is 19.8. The number of nitrogens with one attached hydrogen (secondary N) is 2. The van der Waals surface area contributed by atoms with Crippen molar-refractivity contribution in [2.24, 2.45) is 4.99 Å². The average Bonchev–Trinajstić information content (AvgIpc) is 3.26. The fourth-order valence-corrected chi connectivity index (χ4v) is 11.0. The molecule has 0 spiro atoms. The third-order valence-electron chi connectivity index (χ3n) is 9.98. The Labute approximate surface area is 425 Å². The van der Waals surface area contributed by atoms with Crippen LogP contribution >= 0.6 is 46.0 Å². The number of nitrogens with zero attached hydrogens (tertiary/aromatic N) is 7.